The van der Waals surface area contributed by atoms with Gasteiger partial charge in [0.05, 0.1) is 17.0 Å². The number of carbonyl (C=O) groups excluding carboxylic acids is 1. The van der Waals surface area contributed by atoms with Crippen molar-refractivity contribution in [1.29, 1.82) is 0 Å². The first-order chi connectivity index (χ1) is 22.8. The van der Waals surface area contributed by atoms with Crippen LogP contribution in [0.15, 0.2) is 48.3 Å². The Morgan fingerprint density at radius 1 is 1.21 bits per heavy atom. The van der Waals surface area contributed by atoms with Gasteiger partial charge in [-0.05, 0) is 121 Å². The minimum absolute atomic E-state index is 0.0516. The Morgan fingerprint density at radius 2 is 1.85 bits per heavy atom. The number of rotatable bonds is 14. The van der Waals surface area contributed by atoms with Crippen LogP contribution in [0.5, 0.6) is 0 Å². The molecule has 48 heavy (non-hydrogen) atoms. The Bertz CT molecular complexity index is 1280. The molecule has 1 aliphatic rings. The minimum atomic E-state index is -0.405. The van der Waals surface area contributed by atoms with Crippen LogP contribution in [0.1, 0.15) is 66.7 Å². The first-order valence-electron chi connectivity index (χ1n) is 16.3. The third-order valence-corrected chi connectivity index (χ3v) is 7.41. The Balaban J connectivity index is 0.00000133. The lowest BCUT2D eigenvalue weighted by atomic mass is 9.77. The third-order valence-electron chi connectivity index (χ3n) is 6.86. The van der Waals surface area contributed by atoms with Crippen LogP contribution in [0.2, 0.25) is 5.02 Å². The van der Waals surface area contributed by atoms with Crippen molar-refractivity contribution in [1.82, 2.24) is 20.4 Å². The van der Waals surface area contributed by atoms with Gasteiger partial charge in [0, 0.05) is 42.0 Å². The van der Waals surface area contributed by atoms with Crippen molar-refractivity contribution in [2.24, 2.45) is 17.4 Å². The molecule has 0 radical (unpaired) electrons. The lowest BCUT2D eigenvalue weighted by Crippen LogP contribution is -2.47. The number of H-pyrrole nitrogens is 1. The number of ether oxygens (including phenoxy) is 1. The molecule has 0 bridgehead atoms. The number of aromatic amines is 1. The number of hydrogen-bond acceptors (Lipinski definition) is 9. The number of hydrogen-bond donors (Lipinski definition) is 5. The van der Waals surface area contributed by atoms with E-state index in [9.17, 15) is 4.39 Å². The second-order valence-electron chi connectivity index (χ2n) is 12.1. The Morgan fingerprint density at radius 3 is 2.38 bits per heavy atom. The summed E-state index contributed by atoms with van der Waals surface area (Å²) < 4.78 is 20.1. The van der Waals surface area contributed by atoms with Gasteiger partial charge in [-0.3, -0.25) is 14.8 Å². The average molecular weight is 728 g/mol. The predicted octanol–water partition coefficient (Wildman–Crippen LogP) is 7.76. The second-order valence-corrected chi connectivity index (χ2v) is 13.8. The van der Waals surface area contributed by atoms with Crippen LogP contribution in [0, 0.1) is 16.4 Å². The largest absolute Gasteiger partial charge is 0.405 e. The topological polar surface area (TPSA) is 134 Å². The maximum Gasteiger partial charge on any atom is 0.204 e. The molecule has 0 atom stereocenters. The molecule has 1 amide bonds. The number of primary amides is 1. The summed E-state index contributed by atoms with van der Waals surface area (Å²) >= 11 is 13.2. The van der Waals surface area contributed by atoms with Crippen LogP contribution in [-0.4, -0.2) is 79.0 Å². The van der Waals surface area contributed by atoms with Crippen LogP contribution in [-0.2, 0) is 9.53 Å². The van der Waals surface area contributed by atoms with E-state index < -0.39 is 5.82 Å². The van der Waals surface area contributed by atoms with Gasteiger partial charge in [-0.25, -0.2) is 4.39 Å². The van der Waals surface area contributed by atoms with Gasteiger partial charge < -0.3 is 26.8 Å². The zero-order chi connectivity index (χ0) is 36.5. The van der Waals surface area contributed by atoms with E-state index >= 15 is 0 Å². The molecule has 9 nitrogen and oxygen atoms in total. The summed E-state index contributed by atoms with van der Waals surface area (Å²) in [6, 6.07) is 6.75. The fraction of sp³-hybridized carbons (Fsp3) is 0.571. The Hall–Kier alpha value is -2.48. The van der Waals surface area contributed by atoms with E-state index in [1.54, 1.807) is 30.0 Å². The highest BCUT2D eigenvalue weighted by atomic mass is 35.5. The van der Waals surface area contributed by atoms with Gasteiger partial charge in [0.1, 0.15) is 10.5 Å². The number of halogens is 2. The quantitative estimate of drug-likeness (QED) is 0.0752. The predicted molar refractivity (Wildman–Crippen MR) is 207 cm³/mol. The van der Waals surface area contributed by atoms with Crippen molar-refractivity contribution in [3.8, 4) is 11.3 Å². The molecule has 272 valence electrons. The summed E-state index contributed by atoms with van der Waals surface area (Å²) in [4.78, 5) is 11.2. The molecule has 1 fully saturated rings. The summed E-state index contributed by atoms with van der Waals surface area (Å²) in [5.41, 5.74) is 12.1. The molecule has 1 aromatic heterocycles. The van der Waals surface area contributed by atoms with Crippen molar-refractivity contribution in [3.63, 3.8) is 0 Å². The molecule has 2 aromatic rings. The summed E-state index contributed by atoms with van der Waals surface area (Å²) in [5, 5.41) is 14.0. The standard InChI is InChI=1S/C25H34ClFN6S.C7H16O.C2H6S.CH3NO/c1-3-11-33(12-10-29-2)20-13-17(14-20)4-6-19(8-9-28)30-24-16-23(31-32-25(24)34)21-15-18(26)5-7-22(21)27;1-5-6-8-7(2,3)4;1-3-2;2-1-3/h5-9,15-17,20,29H,3-4,10-14,28H2,1-2H3,(H,30,31)(H,32,34);5-6H2,1-4H3;1-2H3;1H,(H2,2,3)/b9-8-,19-6+;;;. The maximum absolute atomic E-state index is 14.3. The summed E-state index contributed by atoms with van der Waals surface area (Å²) in [5.74, 6) is 0.238. The number of nitrogens with two attached hydrogens (primary N) is 2. The van der Waals surface area contributed by atoms with Gasteiger partial charge in [-0.2, -0.15) is 16.9 Å². The maximum atomic E-state index is 14.3. The molecular formula is C35H59ClFN7O2S2. The van der Waals surface area contributed by atoms with Crippen molar-refractivity contribution >= 4 is 47.7 Å². The number of benzene rings is 1. The van der Waals surface area contributed by atoms with Gasteiger partial charge in [0.15, 0.2) is 0 Å². The Kier molecular flexibility index (Phi) is 25.0. The Labute approximate surface area is 302 Å². The molecule has 1 saturated carbocycles. The van der Waals surface area contributed by atoms with Crippen LogP contribution in [0.4, 0.5) is 10.1 Å². The van der Waals surface area contributed by atoms with Crippen LogP contribution in [0.25, 0.3) is 11.3 Å². The first-order valence-corrected chi connectivity index (χ1v) is 18.7. The molecular weight excluding hydrogens is 669 g/mol. The van der Waals surface area contributed by atoms with Gasteiger partial charge in [0.2, 0.25) is 6.41 Å². The van der Waals surface area contributed by atoms with E-state index in [1.807, 2.05) is 19.6 Å². The molecule has 1 heterocycles. The van der Waals surface area contributed by atoms with Crippen molar-refractivity contribution in [3.05, 3.63) is 63.8 Å². The molecule has 0 unspecified atom stereocenters. The lowest BCUT2D eigenvalue weighted by molar-refractivity contribution is -0.106. The van der Waals surface area contributed by atoms with Crippen molar-refractivity contribution in [2.45, 2.75) is 78.4 Å². The molecule has 13 heteroatoms. The molecule has 7 N–H and O–H groups in total. The van der Waals surface area contributed by atoms with E-state index in [2.05, 4.69) is 72.2 Å². The number of aromatic nitrogens is 2. The van der Waals surface area contributed by atoms with Crippen LogP contribution < -0.4 is 22.1 Å². The minimum Gasteiger partial charge on any atom is -0.405 e. The molecule has 1 aliphatic carbocycles. The van der Waals surface area contributed by atoms with E-state index in [-0.39, 0.29) is 12.0 Å². The van der Waals surface area contributed by atoms with Crippen molar-refractivity contribution in [2.75, 3.05) is 51.1 Å². The molecule has 3 rings (SSSR count). The summed E-state index contributed by atoms with van der Waals surface area (Å²) in [6.07, 6.45) is 15.4. The number of likely N-dealkylation sites (N-methyl/N-ethyl adjacent to an activating group) is 1. The number of nitrogens with one attached hydrogen (secondary N) is 3. The molecule has 1 aromatic carbocycles. The first kappa shape index (κ1) is 45.5. The zero-order valence-electron chi connectivity index (χ0n) is 30.1. The number of amides is 1. The lowest BCUT2D eigenvalue weighted by Gasteiger charge is -2.43. The van der Waals surface area contributed by atoms with Gasteiger partial charge in [-0.1, -0.05) is 43.7 Å². The summed E-state index contributed by atoms with van der Waals surface area (Å²) in [7, 11) is 2.00. The normalized spacial score (nSPS) is 15.7. The summed E-state index contributed by atoms with van der Waals surface area (Å²) in [6.45, 7) is 14.7. The van der Waals surface area contributed by atoms with Crippen LogP contribution >= 0.6 is 35.6 Å². The number of allylic oxidation sites excluding steroid dienone is 2. The second kappa shape index (κ2) is 26.4. The molecule has 0 saturated heterocycles. The van der Waals surface area contributed by atoms with Gasteiger partial charge in [0.25, 0.3) is 0 Å². The van der Waals surface area contributed by atoms with Crippen molar-refractivity contribution < 1.29 is 13.9 Å². The number of carbonyl (C=O) groups is 1. The SMILES string of the molecule is CCCN(CCNC)C1CC(C/C=C(\C=C/N)Nc2cc(-c3cc(Cl)ccc3F)n[nH]c2=S)C1.CCCOC(C)(C)C.CSC.NC=O. The number of thioether (sulfide) groups is 1. The average Bonchev–Trinajstić information content (AvgIpc) is 3.01. The van der Waals surface area contributed by atoms with Gasteiger partial charge in [-0.15, -0.1) is 0 Å². The zero-order valence-corrected chi connectivity index (χ0v) is 32.5. The highest BCUT2D eigenvalue weighted by Crippen LogP contribution is 2.35. The van der Waals surface area contributed by atoms with E-state index in [1.165, 1.54) is 37.6 Å². The monoisotopic (exact) mass is 727 g/mol. The highest BCUT2D eigenvalue weighted by Gasteiger charge is 2.32. The molecule has 0 spiro atoms. The molecule has 0 aliphatic heterocycles. The number of anilines is 1. The smallest absolute Gasteiger partial charge is 0.204 e. The fourth-order valence-electron chi connectivity index (χ4n) is 4.66. The highest BCUT2D eigenvalue weighted by molar-refractivity contribution is 7.97. The van der Waals surface area contributed by atoms with E-state index in [4.69, 9.17) is 39.1 Å². The fourth-order valence-corrected chi connectivity index (χ4v) is 4.99. The van der Waals surface area contributed by atoms with Gasteiger partial charge >= 0.3 is 0 Å². The van der Waals surface area contributed by atoms with E-state index in [0.29, 0.717) is 38.6 Å². The number of nitrogens with zero attached hydrogens (tertiary/aromatic N) is 2. The van der Waals surface area contributed by atoms with E-state index in [0.717, 1.165) is 44.8 Å². The third kappa shape index (κ3) is 19.5. The van der Waals surface area contributed by atoms with Crippen LogP contribution in [0.3, 0.4) is 0 Å².